The van der Waals surface area contributed by atoms with Gasteiger partial charge in [-0.25, -0.2) is 0 Å². The van der Waals surface area contributed by atoms with Gasteiger partial charge in [0.2, 0.25) is 0 Å². The van der Waals surface area contributed by atoms with Crippen LogP contribution in [0.3, 0.4) is 0 Å². The Morgan fingerprint density at radius 2 is 2.00 bits per heavy atom. The monoisotopic (exact) mass is 359 g/mol. The fraction of sp³-hybridized carbons (Fsp3) is 0.350. The van der Waals surface area contributed by atoms with Gasteiger partial charge in [-0.2, -0.15) is 0 Å². The van der Waals surface area contributed by atoms with Gasteiger partial charge in [0.05, 0.1) is 6.42 Å². The number of benzene rings is 2. The highest BCUT2D eigenvalue weighted by Crippen LogP contribution is 2.26. The average molecular weight is 360 g/mol. The van der Waals surface area contributed by atoms with Crippen LogP contribution in [0, 0.1) is 0 Å². The second-order valence-electron chi connectivity index (χ2n) is 6.38. The van der Waals surface area contributed by atoms with Crippen LogP contribution in [0.2, 0.25) is 5.02 Å². The highest BCUT2D eigenvalue weighted by molar-refractivity contribution is 6.30. The lowest BCUT2D eigenvalue weighted by molar-refractivity contribution is -0.136. The molecule has 1 aliphatic rings. The van der Waals surface area contributed by atoms with Gasteiger partial charge in [-0.3, -0.25) is 4.79 Å². The van der Waals surface area contributed by atoms with Crippen LogP contribution in [0.25, 0.3) is 0 Å². The fourth-order valence-electron chi connectivity index (χ4n) is 3.13. The first kappa shape index (κ1) is 17.8. The summed E-state index contributed by atoms with van der Waals surface area (Å²) in [6.45, 7) is 1.05. The number of aliphatic carboxylic acids is 1. The van der Waals surface area contributed by atoms with Crippen molar-refractivity contribution in [2.45, 2.75) is 38.3 Å². The molecule has 132 valence electrons. The third-order valence-corrected chi connectivity index (χ3v) is 4.75. The molecule has 1 aliphatic carbocycles. The lowest BCUT2D eigenvalue weighted by atomic mass is 9.88. The SMILES string of the molecule is O=C(O)CCNC1CCc2cc(OCc3ccc(Cl)cc3)ccc2C1. The molecule has 0 bridgehead atoms. The number of nitrogens with one attached hydrogen (secondary N) is 1. The second-order valence-corrected chi connectivity index (χ2v) is 6.82. The number of aryl methyl sites for hydroxylation is 1. The molecule has 4 nitrogen and oxygen atoms in total. The third kappa shape index (κ3) is 5.21. The summed E-state index contributed by atoms with van der Waals surface area (Å²) in [6.07, 6.45) is 3.11. The molecule has 25 heavy (non-hydrogen) atoms. The molecule has 1 atom stereocenters. The summed E-state index contributed by atoms with van der Waals surface area (Å²) in [5, 5.41) is 12.8. The van der Waals surface area contributed by atoms with Crippen molar-refractivity contribution in [2.75, 3.05) is 6.54 Å². The maximum atomic E-state index is 10.6. The number of halogens is 1. The van der Waals surface area contributed by atoms with Crippen LogP contribution in [0.4, 0.5) is 0 Å². The molecule has 0 saturated carbocycles. The normalized spacial score (nSPS) is 16.3. The van der Waals surface area contributed by atoms with E-state index in [1.54, 1.807) is 0 Å². The Kier molecular flexibility index (Phi) is 5.95. The Morgan fingerprint density at radius 3 is 2.76 bits per heavy atom. The average Bonchev–Trinajstić information content (AvgIpc) is 2.61. The number of rotatable bonds is 7. The first-order valence-corrected chi connectivity index (χ1v) is 8.92. The molecule has 0 aromatic heterocycles. The van der Waals surface area contributed by atoms with Gasteiger partial charge in [-0.1, -0.05) is 29.8 Å². The van der Waals surface area contributed by atoms with E-state index in [-0.39, 0.29) is 6.42 Å². The van der Waals surface area contributed by atoms with E-state index in [0.29, 0.717) is 19.2 Å². The van der Waals surface area contributed by atoms with Crippen LogP contribution < -0.4 is 10.1 Å². The molecule has 0 heterocycles. The molecule has 3 rings (SSSR count). The number of hydrogen-bond donors (Lipinski definition) is 2. The minimum Gasteiger partial charge on any atom is -0.489 e. The van der Waals surface area contributed by atoms with E-state index in [2.05, 4.69) is 17.4 Å². The van der Waals surface area contributed by atoms with Gasteiger partial charge in [-0.15, -0.1) is 0 Å². The summed E-state index contributed by atoms with van der Waals surface area (Å²) in [7, 11) is 0. The molecule has 2 aromatic rings. The molecule has 0 amide bonds. The van der Waals surface area contributed by atoms with E-state index in [4.69, 9.17) is 21.4 Å². The lowest BCUT2D eigenvalue weighted by Crippen LogP contribution is -2.35. The first-order valence-electron chi connectivity index (χ1n) is 8.54. The van der Waals surface area contributed by atoms with Crippen LogP contribution in [0.5, 0.6) is 5.75 Å². The highest BCUT2D eigenvalue weighted by Gasteiger charge is 2.18. The molecule has 2 aromatic carbocycles. The lowest BCUT2D eigenvalue weighted by Gasteiger charge is -2.26. The van der Waals surface area contributed by atoms with Gasteiger partial charge in [0.25, 0.3) is 0 Å². The van der Waals surface area contributed by atoms with Crippen molar-refractivity contribution >= 4 is 17.6 Å². The zero-order valence-electron chi connectivity index (χ0n) is 14.0. The molecule has 5 heteroatoms. The van der Waals surface area contributed by atoms with Crippen LogP contribution in [0.1, 0.15) is 29.5 Å². The molecule has 0 aliphatic heterocycles. The van der Waals surface area contributed by atoms with Gasteiger partial charge in [-0.05, 0) is 60.2 Å². The zero-order valence-corrected chi connectivity index (χ0v) is 14.8. The Morgan fingerprint density at radius 1 is 1.20 bits per heavy atom. The molecule has 0 radical (unpaired) electrons. The van der Waals surface area contributed by atoms with Crippen LogP contribution in [-0.4, -0.2) is 23.7 Å². The standard InChI is InChI=1S/C20H22ClNO3/c21-17-5-1-14(2-6-17)13-25-19-8-4-15-11-18(7-3-16(15)12-19)22-10-9-20(23)24/h1-2,4-6,8,12,18,22H,3,7,9-11,13H2,(H,23,24). The van der Waals surface area contributed by atoms with E-state index in [1.165, 1.54) is 11.1 Å². The van der Waals surface area contributed by atoms with Crippen LogP contribution in [-0.2, 0) is 24.2 Å². The summed E-state index contributed by atoms with van der Waals surface area (Å²) in [6, 6.07) is 14.3. The van der Waals surface area contributed by atoms with Crippen molar-refractivity contribution in [1.29, 1.82) is 0 Å². The van der Waals surface area contributed by atoms with Gasteiger partial charge in [0.1, 0.15) is 12.4 Å². The number of carboxylic acid groups (broad SMARTS) is 1. The van der Waals surface area contributed by atoms with E-state index in [0.717, 1.165) is 35.6 Å². The van der Waals surface area contributed by atoms with Crippen molar-refractivity contribution in [3.63, 3.8) is 0 Å². The molecular weight excluding hydrogens is 338 g/mol. The molecular formula is C20H22ClNO3. The van der Waals surface area contributed by atoms with Gasteiger partial charge in [0.15, 0.2) is 0 Å². The molecule has 1 unspecified atom stereocenters. The number of fused-ring (bicyclic) bond motifs is 1. The Balaban J connectivity index is 1.54. The van der Waals surface area contributed by atoms with Crippen molar-refractivity contribution in [2.24, 2.45) is 0 Å². The van der Waals surface area contributed by atoms with Gasteiger partial charge < -0.3 is 15.2 Å². The van der Waals surface area contributed by atoms with Crippen molar-refractivity contribution in [3.8, 4) is 5.75 Å². The largest absolute Gasteiger partial charge is 0.489 e. The number of carboxylic acids is 1. The van der Waals surface area contributed by atoms with Crippen molar-refractivity contribution in [3.05, 3.63) is 64.2 Å². The highest BCUT2D eigenvalue weighted by atomic mass is 35.5. The van der Waals surface area contributed by atoms with E-state index in [1.807, 2.05) is 30.3 Å². The predicted molar refractivity (Wildman–Crippen MR) is 98.3 cm³/mol. The number of ether oxygens (including phenoxy) is 1. The fourth-order valence-corrected chi connectivity index (χ4v) is 3.25. The Labute approximate surface area is 152 Å². The first-order chi connectivity index (χ1) is 12.1. The van der Waals surface area contributed by atoms with Crippen molar-refractivity contribution < 1.29 is 14.6 Å². The summed E-state index contributed by atoms with van der Waals surface area (Å²) in [4.78, 5) is 10.6. The van der Waals surface area contributed by atoms with Gasteiger partial charge in [0, 0.05) is 17.6 Å². The van der Waals surface area contributed by atoms with Gasteiger partial charge >= 0.3 is 5.97 Å². The van der Waals surface area contributed by atoms with E-state index >= 15 is 0 Å². The number of hydrogen-bond acceptors (Lipinski definition) is 3. The van der Waals surface area contributed by atoms with E-state index < -0.39 is 5.97 Å². The van der Waals surface area contributed by atoms with E-state index in [9.17, 15) is 4.79 Å². The maximum Gasteiger partial charge on any atom is 0.304 e. The molecule has 0 spiro atoms. The maximum absolute atomic E-state index is 10.6. The predicted octanol–water partition coefficient (Wildman–Crippen LogP) is 3.84. The minimum absolute atomic E-state index is 0.167. The topological polar surface area (TPSA) is 58.6 Å². The Hall–Kier alpha value is -2.04. The smallest absolute Gasteiger partial charge is 0.304 e. The summed E-state index contributed by atoms with van der Waals surface area (Å²) in [5.74, 6) is 0.122. The zero-order chi connectivity index (χ0) is 17.6. The summed E-state index contributed by atoms with van der Waals surface area (Å²) in [5.41, 5.74) is 3.73. The third-order valence-electron chi connectivity index (χ3n) is 4.50. The molecule has 0 fully saturated rings. The second kappa shape index (κ2) is 8.37. The molecule has 2 N–H and O–H groups in total. The number of carbonyl (C=O) groups is 1. The van der Waals surface area contributed by atoms with Crippen LogP contribution in [0.15, 0.2) is 42.5 Å². The molecule has 0 saturated heterocycles. The quantitative estimate of drug-likeness (QED) is 0.788. The van der Waals surface area contributed by atoms with Crippen LogP contribution >= 0.6 is 11.6 Å². The minimum atomic E-state index is -0.758. The summed E-state index contributed by atoms with van der Waals surface area (Å²) < 4.78 is 5.89. The van der Waals surface area contributed by atoms with Crippen molar-refractivity contribution in [1.82, 2.24) is 5.32 Å². The summed E-state index contributed by atoms with van der Waals surface area (Å²) >= 11 is 5.89. The Bertz CT molecular complexity index is 730.